The van der Waals surface area contributed by atoms with Crippen LogP contribution in [0.3, 0.4) is 0 Å². The third-order valence-corrected chi connectivity index (χ3v) is 2.60. The van der Waals surface area contributed by atoms with Gasteiger partial charge in [0.05, 0.1) is 5.57 Å². The average molecular weight is 296 g/mol. The maximum atomic E-state index is 10.4. The second kappa shape index (κ2) is 8.92. The monoisotopic (exact) mass is 296 g/mol. The molecule has 4 heteroatoms. The van der Waals surface area contributed by atoms with Gasteiger partial charge < -0.3 is 10.2 Å². The molecule has 0 aromatic heterocycles. The van der Waals surface area contributed by atoms with Gasteiger partial charge in [-0.15, -0.1) is 0 Å². The summed E-state index contributed by atoms with van der Waals surface area (Å²) in [5.41, 5.74) is 1.68. The molecule has 2 aromatic rings. The van der Waals surface area contributed by atoms with E-state index in [1.807, 2.05) is 36.4 Å². The Kier molecular flexibility index (Phi) is 6.86. The molecular formula is C18H16O4. The van der Waals surface area contributed by atoms with Gasteiger partial charge >= 0.3 is 11.9 Å². The SMILES string of the molecule is C=C(C(=O)O)c1ccccc1.O=C(O)/C=C/c1ccccc1. The zero-order valence-corrected chi connectivity index (χ0v) is 11.8. The van der Waals surface area contributed by atoms with Gasteiger partial charge in [0.15, 0.2) is 0 Å². The van der Waals surface area contributed by atoms with Crippen molar-refractivity contribution in [3.8, 4) is 0 Å². The Hall–Kier alpha value is -3.14. The van der Waals surface area contributed by atoms with Crippen LogP contribution in [0.15, 0.2) is 73.3 Å². The highest BCUT2D eigenvalue weighted by Crippen LogP contribution is 2.10. The van der Waals surface area contributed by atoms with Crippen molar-refractivity contribution in [1.29, 1.82) is 0 Å². The summed E-state index contributed by atoms with van der Waals surface area (Å²) in [4.78, 5) is 20.5. The number of hydrogen-bond donors (Lipinski definition) is 2. The molecule has 0 amide bonds. The van der Waals surface area contributed by atoms with Gasteiger partial charge in [0, 0.05) is 6.08 Å². The quantitative estimate of drug-likeness (QED) is 0.846. The topological polar surface area (TPSA) is 74.6 Å². The van der Waals surface area contributed by atoms with Crippen LogP contribution in [0.4, 0.5) is 0 Å². The zero-order chi connectivity index (χ0) is 16.4. The molecule has 4 nitrogen and oxygen atoms in total. The van der Waals surface area contributed by atoms with Crippen molar-refractivity contribution in [3.63, 3.8) is 0 Å². The van der Waals surface area contributed by atoms with Gasteiger partial charge in [-0.1, -0.05) is 67.2 Å². The predicted octanol–water partition coefficient (Wildman–Crippen LogP) is 3.57. The summed E-state index contributed by atoms with van der Waals surface area (Å²) in [7, 11) is 0. The van der Waals surface area contributed by atoms with Gasteiger partial charge in [0.25, 0.3) is 0 Å². The van der Waals surface area contributed by atoms with Crippen molar-refractivity contribution in [1.82, 2.24) is 0 Å². The van der Waals surface area contributed by atoms with Gasteiger partial charge in [0.1, 0.15) is 0 Å². The fraction of sp³-hybridized carbons (Fsp3) is 0. The summed E-state index contributed by atoms with van der Waals surface area (Å²) in [6.07, 6.45) is 2.68. The summed E-state index contributed by atoms with van der Waals surface area (Å²) in [6.45, 7) is 3.42. The third kappa shape index (κ3) is 6.34. The molecule has 0 saturated carbocycles. The Balaban J connectivity index is 0.000000220. The molecule has 0 fully saturated rings. The minimum atomic E-state index is -0.976. The average Bonchev–Trinajstić information content (AvgIpc) is 2.54. The summed E-state index contributed by atoms with van der Waals surface area (Å²) in [6, 6.07) is 18.1. The fourth-order valence-corrected chi connectivity index (χ4v) is 1.49. The van der Waals surface area contributed by atoms with Crippen LogP contribution >= 0.6 is 0 Å². The number of benzene rings is 2. The molecule has 0 unspecified atom stereocenters. The lowest BCUT2D eigenvalue weighted by atomic mass is 10.1. The summed E-state index contributed by atoms with van der Waals surface area (Å²) < 4.78 is 0. The van der Waals surface area contributed by atoms with Crippen LogP contribution in [0.1, 0.15) is 11.1 Å². The van der Waals surface area contributed by atoms with Crippen LogP contribution in [0.5, 0.6) is 0 Å². The first-order valence-electron chi connectivity index (χ1n) is 6.44. The Morgan fingerprint density at radius 3 is 1.82 bits per heavy atom. The van der Waals surface area contributed by atoms with Crippen molar-refractivity contribution in [2.75, 3.05) is 0 Å². The molecule has 2 aromatic carbocycles. The van der Waals surface area contributed by atoms with Crippen molar-refractivity contribution < 1.29 is 19.8 Å². The van der Waals surface area contributed by atoms with E-state index >= 15 is 0 Å². The van der Waals surface area contributed by atoms with Crippen LogP contribution in [-0.2, 0) is 9.59 Å². The zero-order valence-electron chi connectivity index (χ0n) is 11.8. The first kappa shape index (κ1) is 16.9. The Morgan fingerprint density at radius 1 is 0.864 bits per heavy atom. The molecule has 112 valence electrons. The molecule has 0 radical (unpaired) electrons. The van der Waals surface area contributed by atoms with Crippen molar-refractivity contribution in [3.05, 3.63) is 84.4 Å². The predicted molar refractivity (Wildman–Crippen MR) is 86.2 cm³/mol. The van der Waals surface area contributed by atoms with E-state index in [-0.39, 0.29) is 5.57 Å². The molecular weight excluding hydrogens is 280 g/mol. The minimum absolute atomic E-state index is 0.130. The standard InChI is InChI=1S/2C9H8O2/c1-7(9(10)11)8-5-3-2-4-6-8;10-9(11)7-6-8-4-2-1-3-5-8/h2-6H,1H2,(H,10,11);1-7H,(H,10,11)/b;7-6+. The molecule has 2 N–H and O–H groups in total. The number of carbonyl (C=O) groups is 2. The summed E-state index contributed by atoms with van der Waals surface area (Å²) >= 11 is 0. The normalized spacial score (nSPS) is 9.64. The molecule has 2 rings (SSSR count). The third-order valence-electron chi connectivity index (χ3n) is 2.60. The first-order chi connectivity index (χ1) is 10.5. The van der Waals surface area contributed by atoms with Crippen molar-refractivity contribution in [2.45, 2.75) is 0 Å². The smallest absolute Gasteiger partial charge is 0.335 e. The Morgan fingerprint density at radius 2 is 1.36 bits per heavy atom. The van der Waals surface area contributed by atoms with E-state index in [4.69, 9.17) is 10.2 Å². The van der Waals surface area contributed by atoms with Gasteiger partial charge in [-0.3, -0.25) is 0 Å². The number of aliphatic carboxylic acids is 2. The van der Waals surface area contributed by atoms with Gasteiger partial charge in [-0.05, 0) is 17.2 Å². The highest BCUT2D eigenvalue weighted by molar-refractivity contribution is 6.14. The van der Waals surface area contributed by atoms with E-state index in [2.05, 4.69) is 6.58 Å². The maximum absolute atomic E-state index is 10.4. The van der Waals surface area contributed by atoms with Crippen LogP contribution in [0.2, 0.25) is 0 Å². The Labute approximate surface area is 128 Å². The fourth-order valence-electron chi connectivity index (χ4n) is 1.49. The van der Waals surface area contributed by atoms with Crippen molar-refractivity contribution >= 4 is 23.6 Å². The second-order valence-electron chi connectivity index (χ2n) is 4.23. The summed E-state index contributed by atoms with van der Waals surface area (Å²) in [5, 5.41) is 16.8. The second-order valence-corrected chi connectivity index (χ2v) is 4.23. The molecule has 0 spiro atoms. The van der Waals surface area contributed by atoms with Crippen LogP contribution < -0.4 is 0 Å². The summed E-state index contributed by atoms with van der Waals surface area (Å²) in [5.74, 6) is -1.90. The lowest BCUT2D eigenvalue weighted by Gasteiger charge is -1.97. The molecule has 0 aliphatic rings. The molecule has 0 aliphatic carbocycles. The minimum Gasteiger partial charge on any atom is -0.478 e. The van der Waals surface area contributed by atoms with E-state index in [1.54, 1.807) is 30.3 Å². The van der Waals surface area contributed by atoms with Crippen LogP contribution in [0.25, 0.3) is 11.6 Å². The highest BCUT2D eigenvalue weighted by atomic mass is 16.4. The van der Waals surface area contributed by atoms with E-state index in [9.17, 15) is 9.59 Å². The number of carboxylic acid groups (broad SMARTS) is 2. The number of carboxylic acids is 2. The van der Waals surface area contributed by atoms with E-state index in [0.29, 0.717) is 5.56 Å². The molecule has 0 heterocycles. The molecule has 0 saturated heterocycles. The van der Waals surface area contributed by atoms with E-state index in [0.717, 1.165) is 11.6 Å². The van der Waals surface area contributed by atoms with Gasteiger partial charge in [-0.25, -0.2) is 9.59 Å². The van der Waals surface area contributed by atoms with Crippen molar-refractivity contribution in [2.24, 2.45) is 0 Å². The lowest BCUT2D eigenvalue weighted by molar-refractivity contribution is -0.131. The maximum Gasteiger partial charge on any atom is 0.335 e. The molecule has 0 aliphatic heterocycles. The van der Waals surface area contributed by atoms with Gasteiger partial charge in [-0.2, -0.15) is 0 Å². The van der Waals surface area contributed by atoms with Crippen LogP contribution in [-0.4, -0.2) is 22.2 Å². The first-order valence-corrected chi connectivity index (χ1v) is 6.44. The number of hydrogen-bond acceptors (Lipinski definition) is 2. The molecule has 22 heavy (non-hydrogen) atoms. The molecule has 0 atom stereocenters. The van der Waals surface area contributed by atoms with Gasteiger partial charge in [0.2, 0.25) is 0 Å². The lowest BCUT2D eigenvalue weighted by Crippen LogP contribution is -1.96. The highest BCUT2D eigenvalue weighted by Gasteiger charge is 2.04. The van der Waals surface area contributed by atoms with E-state index < -0.39 is 11.9 Å². The largest absolute Gasteiger partial charge is 0.478 e. The molecule has 0 bridgehead atoms. The Bertz CT molecular complexity index is 658. The van der Waals surface area contributed by atoms with E-state index in [1.165, 1.54) is 0 Å². The number of rotatable bonds is 4. The van der Waals surface area contributed by atoms with Crippen LogP contribution in [0, 0.1) is 0 Å².